The van der Waals surface area contributed by atoms with Crippen molar-refractivity contribution in [3.8, 4) is 11.8 Å². The molecular weight excluding hydrogens is 206 g/mol. The first-order chi connectivity index (χ1) is 8.24. The van der Waals surface area contributed by atoms with Crippen molar-refractivity contribution >= 4 is 10.8 Å². The van der Waals surface area contributed by atoms with Crippen LogP contribution in [0.3, 0.4) is 0 Å². The normalized spacial score (nSPS) is 10.4. The Balaban J connectivity index is 2.75. The fourth-order valence-corrected chi connectivity index (χ4v) is 2.10. The third-order valence-electron chi connectivity index (χ3n) is 2.88. The largest absolute Gasteiger partial charge is 0.320 e. The predicted molar refractivity (Wildman–Crippen MR) is 74.0 cm³/mol. The van der Waals surface area contributed by atoms with Gasteiger partial charge in [0.25, 0.3) is 0 Å². The van der Waals surface area contributed by atoms with Crippen molar-refractivity contribution in [2.75, 3.05) is 6.54 Å². The maximum Gasteiger partial charge on any atom is 0.0555 e. The molecule has 2 aromatic carbocycles. The first-order valence-corrected chi connectivity index (χ1v) is 5.94. The van der Waals surface area contributed by atoms with Crippen LogP contribution in [0.2, 0.25) is 0 Å². The van der Waals surface area contributed by atoms with Crippen molar-refractivity contribution in [1.82, 2.24) is 0 Å². The first kappa shape index (κ1) is 11.7. The maximum absolute atomic E-state index is 5.44. The summed E-state index contributed by atoms with van der Waals surface area (Å²) < 4.78 is 0. The minimum atomic E-state index is 0.403. The third kappa shape index (κ3) is 2.33. The van der Waals surface area contributed by atoms with Crippen molar-refractivity contribution in [1.29, 1.82) is 0 Å². The molecule has 0 atom stereocenters. The van der Waals surface area contributed by atoms with Crippen molar-refractivity contribution in [2.45, 2.75) is 19.8 Å². The number of benzene rings is 2. The Labute approximate surface area is 103 Å². The van der Waals surface area contributed by atoms with Crippen molar-refractivity contribution in [2.24, 2.45) is 5.73 Å². The van der Waals surface area contributed by atoms with Crippen LogP contribution >= 0.6 is 0 Å². The third-order valence-corrected chi connectivity index (χ3v) is 2.88. The molecule has 0 fully saturated rings. The molecule has 2 N–H and O–H groups in total. The fraction of sp³-hybridized carbons (Fsp3) is 0.250. The number of hydrogen-bond acceptors (Lipinski definition) is 1. The van der Waals surface area contributed by atoms with Gasteiger partial charge in [-0.1, -0.05) is 56.0 Å². The van der Waals surface area contributed by atoms with E-state index in [0.29, 0.717) is 12.5 Å². The van der Waals surface area contributed by atoms with Gasteiger partial charge in [-0.2, -0.15) is 0 Å². The summed E-state index contributed by atoms with van der Waals surface area (Å²) in [6, 6.07) is 12.7. The van der Waals surface area contributed by atoms with Gasteiger partial charge in [0.05, 0.1) is 6.54 Å². The van der Waals surface area contributed by atoms with Crippen LogP contribution in [0, 0.1) is 11.8 Å². The van der Waals surface area contributed by atoms with E-state index in [0.717, 1.165) is 5.56 Å². The molecule has 0 saturated carbocycles. The number of fused-ring (bicyclic) bond motifs is 1. The molecule has 0 aliphatic rings. The molecule has 1 heteroatoms. The Kier molecular flexibility index (Phi) is 3.46. The molecule has 0 saturated heterocycles. The summed E-state index contributed by atoms with van der Waals surface area (Å²) in [5.41, 5.74) is 7.88. The first-order valence-electron chi connectivity index (χ1n) is 5.94. The molecule has 0 aliphatic carbocycles. The smallest absolute Gasteiger partial charge is 0.0555 e. The van der Waals surface area contributed by atoms with Crippen LogP contribution in [0.25, 0.3) is 10.8 Å². The van der Waals surface area contributed by atoms with Crippen LogP contribution in [-0.4, -0.2) is 6.54 Å². The second-order valence-corrected chi connectivity index (χ2v) is 4.41. The highest BCUT2D eigenvalue weighted by molar-refractivity contribution is 5.91. The predicted octanol–water partition coefficient (Wildman–Crippen LogP) is 3.27. The monoisotopic (exact) mass is 223 g/mol. The lowest BCUT2D eigenvalue weighted by Crippen LogP contribution is -1.94. The van der Waals surface area contributed by atoms with Gasteiger partial charge in [0.2, 0.25) is 0 Å². The molecular formula is C16H17N. The fourth-order valence-electron chi connectivity index (χ4n) is 2.10. The second kappa shape index (κ2) is 5.03. The molecule has 0 aromatic heterocycles. The highest BCUT2D eigenvalue weighted by Crippen LogP contribution is 2.27. The maximum atomic E-state index is 5.44. The van der Waals surface area contributed by atoms with Crippen molar-refractivity contribution < 1.29 is 0 Å². The summed E-state index contributed by atoms with van der Waals surface area (Å²) >= 11 is 0. The zero-order valence-electron chi connectivity index (χ0n) is 10.3. The summed E-state index contributed by atoms with van der Waals surface area (Å²) in [6.07, 6.45) is 0. The lowest BCUT2D eigenvalue weighted by molar-refractivity contribution is 0.876. The van der Waals surface area contributed by atoms with Crippen LogP contribution in [0.5, 0.6) is 0 Å². The second-order valence-electron chi connectivity index (χ2n) is 4.41. The van der Waals surface area contributed by atoms with E-state index in [9.17, 15) is 0 Å². The van der Waals surface area contributed by atoms with E-state index in [1.807, 2.05) is 6.07 Å². The Hall–Kier alpha value is -1.78. The summed E-state index contributed by atoms with van der Waals surface area (Å²) in [5.74, 6) is 6.61. The van der Waals surface area contributed by atoms with Gasteiger partial charge in [-0.3, -0.25) is 0 Å². The minimum absolute atomic E-state index is 0.403. The van der Waals surface area contributed by atoms with E-state index in [4.69, 9.17) is 5.73 Å². The number of hydrogen-bond donors (Lipinski definition) is 1. The molecule has 0 heterocycles. The van der Waals surface area contributed by atoms with E-state index < -0.39 is 0 Å². The van der Waals surface area contributed by atoms with Crippen LogP contribution in [-0.2, 0) is 0 Å². The summed E-state index contributed by atoms with van der Waals surface area (Å²) in [6.45, 7) is 4.82. The minimum Gasteiger partial charge on any atom is -0.320 e. The van der Waals surface area contributed by atoms with Crippen LogP contribution in [0.4, 0.5) is 0 Å². The molecule has 0 amide bonds. The highest BCUT2D eigenvalue weighted by Gasteiger charge is 2.07. The Morgan fingerprint density at radius 2 is 1.82 bits per heavy atom. The van der Waals surface area contributed by atoms with E-state index in [1.54, 1.807) is 0 Å². The van der Waals surface area contributed by atoms with Gasteiger partial charge in [-0.25, -0.2) is 0 Å². The van der Waals surface area contributed by atoms with Crippen LogP contribution < -0.4 is 5.73 Å². The van der Waals surface area contributed by atoms with Gasteiger partial charge >= 0.3 is 0 Å². The van der Waals surface area contributed by atoms with Gasteiger partial charge in [0.1, 0.15) is 0 Å². The van der Waals surface area contributed by atoms with Gasteiger partial charge in [-0.15, -0.1) is 0 Å². The van der Waals surface area contributed by atoms with E-state index in [2.05, 4.69) is 56.0 Å². The SMILES string of the molecule is CC(C)c1cccc2cccc(C#CCN)c12. The van der Waals surface area contributed by atoms with Crippen molar-refractivity contribution in [3.63, 3.8) is 0 Å². The molecule has 2 aromatic rings. The quantitative estimate of drug-likeness (QED) is 0.738. The molecule has 1 nitrogen and oxygen atoms in total. The van der Waals surface area contributed by atoms with Gasteiger partial charge < -0.3 is 5.73 Å². The average Bonchev–Trinajstić information content (AvgIpc) is 2.35. The summed E-state index contributed by atoms with van der Waals surface area (Å²) in [5, 5.41) is 2.52. The van der Waals surface area contributed by atoms with E-state index in [-0.39, 0.29) is 0 Å². The molecule has 17 heavy (non-hydrogen) atoms. The summed E-state index contributed by atoms with van der Waals surface area (Å²) in [4.78, 5) is 0. The Morgan fingerprint density at radius 1 is 1.12 bits per heavy atom. The summed E-state index contributed by atoms with van der Waals surface area (Å²) in [7, 11) is 0. The zero-order valence-corrected chi connectivity index (χ0v) is 10.3. The zero-order chi connectivity index (χ0) is 12.3. The van der Waals surface area contributed by atoms with Crippen LogP contribution in [0.15, 0.2) is 36.4 Å². The molecule has 2 rings (SSSR count). The number of nitrogens with two attached hydrogens (primary N) is 1. The average molecular weight is 223 g/mol. The standard InChI is InChI=1S/C16H17N/c1-12(2)15-10-4-8-13-6-3-7-14(16(13)15)9-5-11-17/h3-4,6-8,10,12H,11,17H2,1-2H3. The van der Waals surface area contributed by atoms with Crippen LogP contribution in [0.1, 0.15) is 30.9 Å². The highest BCUT2D eigenvalue weighted by atomic mass is 14.5. The Morgan fingerprint density at radius 3 is 2.47 bits per heavy atom. The molecule has 86 valence electrons. The molecule has 0 unspecified atom stereocenters. The lowest BCUT2D eigenvalue weighted by Gasteiger charge is -2.11. The Bertz CT molecular complexity index is 580. The van der Waals surface area contributed by atoms with Gasteiger partial charge in [0, 0.05) is 10.9 Å². The number of rotatable bonds is 1. The lowest BCUT2D eigenvalue weighted by atomic mass is 9.93. The van der Waals surface area contributed by atoms with E-state index >= 15 is 0 Å². The molecule has 0 aliphatic heterocycles. The van der Waals surface area contributed by atoms with Gasteiger partial charge in [0.15, 0.2) is 0 Å². The van der Waals surface area contributed by atoms with E-state index in [1.165, 1.54) is 16.3 Å². The topological polar surface area (TPSA) is 26.0 Å². The van der Waals surface area contributed by atoms with Gasteiger partial charge in [-0.05, 0) is 22.9 Å². The molecule has 0 spiro atoms. The molecule has 0 bridgehead atoms. The van der Waals surface area contributed by atoms with Crippen molar-refractivity contribution in [3.05, 3.63) is 47.5 Å². The molecule has 0 radical (unpaired) electrons.